The maximum Gasteiger partial charge on any atom is 0.405 e. The van der Waals surface area contributed by atoms with E-state index in [1.165, 1.54) is 34.0 Å². The van der Waals surface area contributed by atoms with Crippen LogP contribution in [0.15, 0.2) is 54.7 Å². The smallest absolute Gasteiger partial charge is 0.376 e. The van der Waals surface area contributed by atoms with E-state index in [1.807, 2.05) is 13.0 Å². The molecule has 4 rings (SSSR count). The summed E-state index contributed by atoms with van der Waals surface area (Å²) in [5, 5.41) is 18.2. The highest BCUT2D eigenvalue weighted by Gasteiger charge is 2.36. The molecule has 34 heavy (non-hydrogen) atoms. The number of amides is 2. The van der Waals surface area contributed by atoms with Gasteiger partial charge in [-0.05, 0) is 49.4 Å². The summed E-state index contributed by atoms with van der Waals surface area (Å²) >= 11 is 0. The minimum Gasteiger partial charge on any atom is -0.376 e. The molecule has 0 saturated carbocycles. The van der Waals surface area contributed by atoms with E-state index in [0.29, 0.717) is 23.5 Å². The molecule has 1 atom stereocenters. The van der Waals surface area contributed by atoms with Gasteiger partial charge in [0.25, 0.3) is 11.8 Å². The third kappa shape index (κ3) is 4.71. The quantitative estimate of drug-likeness (QED) is 0.589. The van der Waals surface area contributed by atoms with Crippen LogP contribution in [0.5, 0.6) is 0 Å². The Hall–Kier alpha value is -4.33. The largest absolute Gasteiger partial charge is 0.405 e. The van der Waals surface area contributed by atoms with E-state index in [4.69, 9.17) is 5.26 Å². The van der Waals surface area contributed by atoms with Gasteiger partial charge in [-0.15, -0.1) is 0 Å². The number of rotatable bonds is 5. The van der Waals surface area contributed by atoms with Crippen molar-refractivity contribution in [2.45, 2.75) is 25.7 Å². The van der Waals surface area contributed by atoms with Crippen LogP contribution in [0.2, 0.25) is 0 Å². The Balaban J connectivity index is 1.56. The maximum atomic E-state index is 13.4. The first kappa shape index (κ1) is 22.8. The van der Waals surface area contributed by atoms with Crippen molar-refractivity contribution in [3.8, 4) is 6.07 Å². The average molecular weight is 468 g/mol. The first-order valence-corrected chi connectivity index (χ1v) is 10.3. The van der Waals surface area contributed by atoms with Crippen molar-refractivity contribution in [3.05, 3.63) is 71.5 Å². The van der Waals surface area contributed by atoms with Gasteiger partial charge in [0, 0.05) is 17.1 Å². The molecule has 3 aromatic rings. The summed E-state index contributed by atoms with van der Waals surface area (Å²) in [6.07, 6.45) is -3.03. The van der Waals surface area contributed by atoms with Gasteiger partial charge >= 0.3 is 6.18 Å². The third-order valence-corrected chi connectivity index (χ3v) is 5.27. The number of hydrogen-bond donors (Lipinski definition) is 2. The Morgan fingerprint density at radius 1 is 1.21 bits per heavy atom. The van der Waals surface area contributed by atoms with Crippen LogP contribution in [-0.4, -0.2) is 40.4 Å². The molecule has 1 aromatic heterocycles. The monoisotopic (exact) mass is 468 g/mol. The molecule has 11 heteroatoms. The highest BCUT2D eigenvalue weighted by molar-refractivity contribution is 6.15. The Bertz CT molecular complexity index is 1280. The summed E-state index contributed by atoms with van der Waals surface area (Å²) in [6.45, 7) is 0.970. The summed E-state index contributed by atoms with van der Waals surface area (Å²) in [5.41, 5.74) is 1.70. The molecule has 0 radical (unpaired) electrons. The van der Waals surface area contributed by atoms with Gasteiger partial charge in [0.05, 0.1) is 36.0 Å². The minimum atomic E-state index is -4.35. The Labute approximate surface area is 192 Å². The van der Waals surface area contributed by atoms with Gasteiger partial charge < -0.3 is 15.5 Å². The average Bonchev–Trinajstić information content (AvgIpc) is 3.22. The zero-order valence-corrected chi connectivity index (χ0v) is 17.9. The van der Waals surface area contributed by atoms with E-state index >= 15 is 0 Å². The van der Waals surface area contributed by atoms with Gasteiger partial charge in [-0.3, -0.25) is 14.3 Å². The van der Waals surface area contributed by atoms with Crippen molar-refractivity contribution < 1.29 is 22.8 Å². The molecule has 174 valence electrons. The van der Waals surface area contributed by atoms with E-state index in [1.54, 1.807) is 30.3 Å². The van der Waals surface area contributed by atoms with Crippen LogP contribution in [-0.2, 0) is 6.54 Å². The third-order valence-electron chi connectivity index (χ3n) is 5.27. The fourth-order valence-electron chi connectivity index (χ4n) is 3.74. The molecular weight excluding hydrogens is 449 g/mol. The number of aromatic nitrogens is 2. The fourth-order valence-corrected chi connectivity index (χ4v) is 3.74. The number of carbonyl (C=O) groups excluding carboxylic acids is 2. The molecule has 0 saturated heterocycles. The molecule has 1 aliphatic heterocycles. The second-order valence-corrected chi connectivity index (χ2v) is 7.78. The highest BCUT2D eigenvalue weighted by atomic mass is 19.4. The predicted octanol–water partition coefficient (Wildman–Crippen LogP) is 4.03. The number of alkyl halides is 3. The number of benzene rings is 2. The van der Waals surface area contributed by atoms with Gasteiger partial charge in [0.1, 0.15) is 12.2 Å². The van der Waals surface area contributed by atoms with Gasteiger partial charge in [0.2, 0.25) is 0 Å². The number of halogens is 3. The summed E-state index contributed by atoms with van der Waals surface area (Å²) in [7, 11) is 0. The van der Waals surface area contributed by atoms with Crippen LogP contribution in [0.1, 0.15) is 33.3 Å². The van der Waals surface area contributed by atoms with Gasteiger partial charge in [-0.2, -0.15) is 23.5 Å². The lowest BCUT2D eigenvalue weighted by Crippen LogP contribution is -2.47. The molecular formula is C23H19F3N6O2. The molecule has 8 nitrogen and oxygen atoms in total. The minimum absolute atomic E-state index is 0.0766. The zero-order valence-electron chi connectivity index (χ0n) is 17.9. The fraction of sp³-hybridized carbons (Fsp3) is 0.217. The zero-order chi connectivity index (χ0) is 24.5. The molecule has 2 N–H and O–H groups in total. The van der Waals surface area contributed by atoms with E-state index < -0.39 is 24.5 Å². The molecule has 2 amide bonds. The molecule has 0 bridgehead atoms. The lowest BCUT2D eigenvalue weighted by Gasteiger charge is -2.34. The number of nitriles is 1. The normalized spacial score (nSPS) is 15.4. The molecule has 1 unspecified atom stereocenters. The van der Waals surface area contributed by atoms with Crippen molar-refractivity contribution >= 4 is 28.9 Å². The van der Waals surface area contributed by atoms with Crippen LogP contribution in [0, 0.1) is 11.3 Å². The second-order valence-electron chi connectivity index (χ2n) is 7.78. The Morgan fingerprint density at radius 2 is 1.94 bits per heavy atom. The summed E-state index contributed by atoms with van der Waals surface area (Å²) in [4.78, 5) is 27.8. The van der Waals surface area contributed by atoms with Crippen molar-refractivity contribution in [1.29, 1.82) is 5.26 Å². The molecule has 0 aliphatic carbocycles. The van der Waals surface area contributed by atoms with Crippen LogP contribution >= 0.6 is 0 Å². The van der Waals surface area contributed by atoms with Crippen LogP contribution in [0.3, 0.4) is 0 Å². The van der Waals surface area contributed by atoms with Gasteiger partial charge in [-0.25, -0.2) is 0 Å². The van der Waals surface area contributed by atoms with E-state index in [2.05, 4.69) is 15.7 Å². The lowest BCUT2D eigenvalue weighted by atomic mass is 10.1. The Morgan fingerprint density at radius 3 is 2.62 bits per heavy atom. The van der Waals surface area contributed by atoms with Crippen molar-refractivity contribution in [2.24, 2.45) is 0 Å². The van der Waals surface area contributed by atoms with E-state index in [9.17, 15) is 22.8 Å². The summed E-state index contributed by atoms with van der Waals surface area (Å²) in [6, 6.07) is 14.1. The summed E-state index contributed by atoms with van der Waals surface area (Å²) in [5.74, 6) is -1.01. The Kier molecular flexibility index (Phi) is 5.98. The number of carbonyl (C=O) groups is 2. The highest BCUT2D eigenvalue weighted by Crippen LogP contribution is 2.28. The second kappa shape index (κ2) is 8.90. The lowest BCUT2D eigenvalue weighted by molar-refractivity contribution is -0.115. The SMILES string of the molecule is CC1Cn2ncc(C(=O)Nc3cccc(C#N)c3)c2C(=O)N1c1ccc(NCC(F)(F)F)cc1. The van der Waals surface area contributed by atoms with Crippen molar-refractivity contribution in [1.82, 2.24) is 9.78 Å². The topological polar surface area (TPSA) is 103 Å². The number of anilines is 3. The summed E-state index contributed by atoms with van der Waals surface area (Å²) < 4.78 is 38.8. The first-order chi connectivity index (χ1) is 16.2. The van der Waals surface area contributed by atoms with Gasteiger partial charge in [0.15, 0.2) is 0 Å². The number of nitrogens with one attached hydrogen (secondary N) is 2. The maximum absolute atomic E-state index is 13.4. The number of fused-ring (bicyclic) bond motifs is 1. The molecule has 1 aliphatic rings. The number of hydrogen-bond acceptors (Lipinski definition) is 5. The molecule has 0 spiro atoms. The van der Waals surface area contributed by atoms with Crippen LogP contribution < -0.4 is 15.5 Å². The molecule has 2 heterocycles. The van der Waals surface area contributed by atoms with Crippen molar-refractivity contribution in [3.63, 3.8) is 0 Å². The number of nitrogens with zero attached hydrogens (tertiary/aromatic N) is 4. The standard InChI is InChI=1S/C23H19F3N6O2/c1-14-12-31-20(19(11-29-31)21(33)30-17-4-2-3-15(9-17)10-27)22(34)32(14)18-7-5-16(6-8-18)28-13-23(24,25)26/h2-9,11,14,28H,12-13H2,1H3,(H,30,33). The first-order valence-electron chi connectivity index (χ1n) is 10.3. The van der Waals surface area contributed by atoms with E-state index in [-0.39, 0.29) is 23.0 Å². The van der Waals surface area contributed by atoms with Crippen molar-refractivity contribution in [2.75, 3.05) is 22.1 Å². The predicted molar refractivity (Wildman–Crippen MR) is 119 cm³/mol. The van der Waals surface area contributed by atoms with Gasteiger partial charge in [-0.1, -0.05) is 6.07 Å². The molecule has 2 aromatic carbocycles. The van der Waals surface area contributed by atoms with Crippen LogP contribution in [0.4, 0.5) is 30.2 Å². The molecule has 0 fully saturated rings. The van der Waals surface area contributed by atoms with E-state index in [0.717, 1.165) is 0 Å². The van der Waals surface area contributed by atoms with Crippen LogP contribution in [0.25, 0.3) is 0 Å².